The van der Waals surface area contributed by atoms with Crippen molar-refractivity contribution in [1.29, 1.82) is 5.26 Å². The Morgan fingerprint density at radius 3 is 2.59 bits per heavy atom. The van der Waals surface area contributed by atoms with E-state index in [1.807, 2.05) is 61.7 Å². The zero-order valence-corrected chi connectivity index (χ0v) is 29.0. The van der Waals surface area contributed by atoms with Crippen molar-refractivity contribution in [2.45, 2.75) is 39.3 Å². The van der Waals surface area contributed by atoms with E-state index in [4.69, 9.17) is 26.0 Å². The number of nitrogens with one attached hydrogen (secondary N) is 1. The van der Waals surface area contributed by atoms with Gasteiger partial charge in [-0.15, -0.1) is 0 Å². The summed E-state index contributed by atoms with van der Waals surface area (Å²) in [6.45, 7) is 6.90. The van der Waals surface area contributed by atoms with Crippen LogP contribution in [0.5, 0.6) is 0 Å². The van der Waals surface area contributed by atoms with Crippen LogP contribution in [-0.2, 0) is 17.9 Å². The first-order valence-corrected chi connectivity index (χ1v) is 17.6. The zero-order chi connectivity index (χ0) is 35.1. The number of likely N-dealkylation sites (tertiary alicyclic amines) is 2. The molecule has 2 saturated heterocycles. The Hall–Kier alpha value is -5.34. The predicted octanol–water partition coefficient (Wildman–Crippen LogP) is 8.18. The summed E-state index contributed by atoms with van der Waals surface area (Å²) in [7, 11) is 0. The standard InChI is InChI=1S/C40H36ClN7O3/c1-24-30(6-4-7-31(24)39-46-34-18-25(16-29(19-42)37(34)51-39)21-48-15-11-28(23-48)40(49)50)32-8-5-9-33(35(32)41)45-38-36-27(10-12-43-38)17-26(20-44-36)22-47-13-2-3-14-47/h4-10,12,16-18,20,28H,2-3,11,13-15,21-23H2,1H3,(H,43,45)(H,49,50)/t28-/m0/s1. The highest BCUT2D eigenvalue weighted by Crippen LogP contribution is 2.40. The number of anilines is 2. The molecular formula is C40H36ClN7O3. The maximum atomic E-state index is 11.4. The lowest BCUT2D eigenvalue weighted by atomic mass is 9.96. The number of hydrogen-bond acceptors (Lipinski definition) is 9. The number of carbonyl (C=O) groups is 1. The smallest absolute Gasteiger partial charge is 0.307 e. The Morgan fingerprint density at radius 1 is 1.00 bits per heavy atom. The first kappa shape index (κ1) is 32.8. The van der Waals surface area contributed by atoms with Crippen LogP contribution in [0.3, 0.4) is 0 Å². The minimum absolute atomic E-state index is 0.368. The van der Waals surface area contributed by atoms with Crippen molar-refractivity contribution in [3.8, 4) is 28.7 Å². The van der Waals surface area contributed by atoms with Crippen molar-refractivity contribution in [3.63, 3.8) is 0 Å². The molecule has 0 radical (unpaired) electrons. The van der Waals surface area contributed by atoms with Crippen LogP contribution < -0.4 is 5.32 Å². The van der Waals surface area contributed by atoms with Gasteiger partial charge in [-0.2, -0.15) is 5.26 Å². The summed E-state index contributed by atoms with van der Waals surface area (Å²) in [5.74, 6) is -0.0943. The van der Waals surface area contributed by atoms with Crippen molar-refractivity contribution < 1.29 is 14.3 Å². The topological polar surface area (TPSA) is 131 Å². The van der Waals surface area contributed by atoms with Gasteiger partial charge in [-0.3, -0.25) is 19.6 Å². The molecule has 11 heteroatoms. The summed E-state index contributed by atoms with van der Waals surface area (Å²) in [6.07, 6.45) is 6.86. The van der Waals surface area contributed by atoms with Crippen molar-refractivity contribution in [1.82, 2.24) is 24.8 Å². The Labute approximate surface area is 300 Å². The van der Waals surface area contributed by atoms with Crippen LogP contribution in [0.4, 0.5) is 11.5 Å². The van der Waals surface area contributed by atoms with Crippen LogP contribution in [0, 0.1) is 24.2 Å². The van der Waals surface area contributed by atoms with Crippen molar-refractivity contribution in [2.75, 3.05) is 31.5 Å². The highest BCUT2D eigenvalue weighted by atomic mass is 35.5. The van der Waals surface area contributed by atoms with E-state index in [-0.39, 0.29) is 5.92 Å². The third-order valence-electron chi connectivity index (χ3n) is 10.1. The lowest BCUT2D eigenvalue weighted by Crippen LogP contribution is -2.22. The number of pyridine rings is 2. The normalized spacial score (nSPS) is 16.6. The number of rotatable bonds is 9. The number of benzene rings is 3. The van der Waals surface area contributed by atoms with E-state index in [1.165, 1.54) is 18.4 Å². The van der Waals surface area contributed by atoms with Crippen LogP contribution in [0.2, 0.25) is 5.02 Å². The fourth-order valence-corrected chi connectivity index (χ4v) is 7.70. The summed E-state index contributed by atoms with van der Waals surface area (Å²) >= 11 is 7.12. The zero-order valence-electron chi connectivity index (χ0n) is 28.2. The fourth-order valence-electron chi connectivity index (χ4n) is 7.42. The van der Waals surface area contributed by atoms with E-state index in [2.05, 4.69) is 32.2 Å². The number of aromatic nitrogens is 3. The third kappa shape index (κ3) is 6.52. The number of carboxylic acids is 1. The average molecular weight is 698 g/mol. The van der Waals surface area contributed by atoms with Crippen molar-refractivity contribution in [2.24, 2.45) is 5.92 Å². The van der Waals surface area contributed by atoms with E-state index in [1.54, 1.807) is 12.3 Å². The second-order valence-electron chi connectivity index (χ2n) is 13.5. The summed E-state index contributed by atoms with van der Waals surface area (Å²) < 4.78 is 6.25. The van der Waals surface area contributed by atoms with Gasteiger partial charge in [-0.25, -0.2) is 9.97 Å². The molecule has 1 atom stereocenters. The van der Waals surface area contributed by atoms with Crippen LogP contribution in [0.15, 0.2) is 77.5 Å². The van der Waals surface area contributed by atoms with Gasteiger partial charge in [0.25, 0.3) is 0 Å². The quantitative estimate of drug-likeness (QED) is 0.152. The molecular weight excluding hydrogens is 662 g/mol. The third-order valence-corrected chi connectivity index (χ3v) is 10.5. The summed E-state index contributed by atoms with van der Waals surface area (Å²) in [4.78, 5) is 30.3. The Kier molecular flexibility index (Phi) is 8.86. The van der Waals surface area contributed by atoms with Gasteiger partial charge in [0.1, 0.15) is 17.1 Å². The molecule has 5 heterocycles. The molecule has 6 aromatic rings. The predicted molar refractivity (Wildman–Crippen MR) is 198 cm³/mol. The second-order valence-corrected chi connectivity index (χ2v) is 13.9. The largest absolute Gasteiger partial charge is 0.481 e. The fraction of sp³-hybridized carbons (Fsp3) is 0.275. The maximum absolute atomic E-state index is 11.4. The Morgan fingerprint density at radius 2 is 1.78 bits per heavy atom. The number of carboxylic acid groups (broad SMARTS) is 1. The highest BCUT2D eigenvalue weighted by Gasteiger charge is 2.28. The summed E-state index contributed by atoms with van der Waals surface area (Å²) in [6, 6.07) is 22.0. The molecule has 0 bridgehead atoms. The van der Waals surface area contributed by atoms with Gasteiger partial charge in [-0.1, -0.05) is 35.9 Å². The van der Waals surface area contributed by atoms with Crippen molar-refractivity contribution >= 4 is 51.1 Å². The molecule has 256 valence electrons. The van der Waals surface area contributed by atoms with E-state index >= 15 is 0 Å². The molecule has 0 amide bonds. The molecule has 8 rings (SSSR count). The molecule has 0 aliphatic carbocycles. The Balaban J connectivity index is 1.08. The molecule has 2 fully saturated rings. The van der Waals surface area contributed by atoms with Crippen LogP contribution >= 0.6 is 11.6 Å². The lowest BCUT2D eigenvalue weighted by Gasteiger charge is -2.16. The molecule has 0 saturated carbocycles. The number of aliphatic carboxylic acids is 1. The highest BCUT2D eigenvalue weighted by molar-refractivity contribution is 6.36. The van der Waals surface area contributed by atoms with Gasteiger partial charge < -0.3 is 14.8 Å². The van der Waals surface area contributed by atoms with Crippen molar-refractivity contribution in [3.05, 3.63) is 100 Å². The van der Waals surface area contributed by atoms with Gasteiger partial charge >= 0.3 is 5.97 Å². The van der Waals surface area contributed by atoms with E-state index < -0.39 is 5.97 Å². The Bertz CT molecular complexity index is 2340. The second kappa shape index (κ2) is 13.8. The molecule has 51 heavy (non-hydrogen) atoms. The molecule has 2 aliphatic heterocycles. The average Bonchev–Trinajstić information content (AvgIpc) is 3.91. The minimum atomic E-state index is -0.769. The van der Waals surface area contributed by atoms with E-state index in [9.17, 15) is 15.2 Å². The van der Waals surface area contributed by atoms with Crippen LogP contribution in [0.25, 0.3) is 44.6 Å². The first-order valence-electron chi connectivity index (χ1n) is 17.2. The van der Waals surface area contributed by atoms with Gasteiger partial charge in [-0.05, 0) is 104 Å². The monoisotopic (exact) mass is 697 g/mol. The molecule has 3 aromatic heterocycles. The number of halogens is 1. The SMILES string of the molecule is Cc1c(-c2nc3cc(CN4CC[C@H](C(=O)O)C4)cc(C#N)c3o2)cccc1-c1cccc(Nc2nccc3cc(CN4CCCC4)cnc23)c1Cl. The summed E-state index contributed by atoms with van der Waals surface area (Å²) in [5.41, 5.74) is 8.45. The van der Waals surface area contributed by atoms with Crippen LogP contribution in [-0.4, -0.2) is 62.0 Å². The number of fused-ring (bicyclic) bond motifs is 2. The number of oxazole rings is 1. The summed E-state index contributed by atoms with van der Waals surface area (Å²) in [5, 5.41) is 24.4. The molecule has 3 aromatic carbocycles. The van der Waals surface area contributed by atoms with E-state index in [0.717, 1.165) is 58.4 Å². The number of nitrogens with zero attached hydrogens (tertiary/aromatic N) is 6. The molecule has 2 aliphatic rings. The van der Waals surface area contributed by atoms with Gasteiger partial charge in [0.05, 0.1) is 22.2 Å². The van der Waals surface area contributed by atoms with Gasteiger partial charge in [0, 0.05) is 48.5 Å². The first-order chi connectivity index (χ1) is 24.8. The minimum Gasteiger partial charge on any atom is -0.481 e. The molecule has 0 unspecified atom stereocenters. The van der Waals surface area contributed by atoms with Crippen LogP contribution in [0.1, 0.15) is 41.5 Å². The van der Waals surface area contributed by atoms with Gasteiger partial charge in [0.2, 0.25) is 5.89 Å². The molecule has 2 N–H and O–H groups in total. The maximum Gasteiger partial charge on any atom is 0.307 e. The number of hydrogen-bond donors (Lipinski definition) is 2. The molecule has 10 nitrogen and oxygen atoms in total. The van der Waals surface area contributed by atoms with Gasteiger partial charge in [0.15, 0.2) is 11.4 Å². The molecule has 0 spiro atoms. The number of nitriles is 1. The van der Waals surface area contributed by atoms with E-state index in [0.29, 0.717) is 65.1 Å². The lowest BCUT2D eigenvalue weighted by molar-refractivity contribution is -0.141.